The van der Waals surface area contributed by atoms with Crippen molar-refractivity contribution in [2.24, 2.45) is 0 Å². The molecule has 242 valence electrons. The van der Waals surface area contributed by atoms with Gasteiger partial charge in [-0.1, -0.05) is 13.8 Å². The Bertz CT molecular complexity index is 774. The lowest BCUT2D eigenvalue weighted by atomic mass is 9.98. The zero-order valence-corrected chi connectivity index (χ0v) is 22.9. The topological polar surface area (TPSA) is 280 Å². The first-order chi connectivity index (χ1) is 19.3. The van der Waals surface area contributed by atoms with Crippen LogP contribution in [0.15, 0.2) is 0 Å². The van der Waals surface area contributed by atoms with Gasteiger partial charge in [0.1, 0.15) is 73.2 Å². The lowest BCUT2D eigenvalue weighted by Crippen LogP contribution is -2.62. The predicted molar refractivity (Wildman–Crippen MR) is 134 cm³/mol. The van der Waals surface area contributed by atoms with E-state index >= 15 is 0 Å². The number of ether oxygens (including phenoxy) is 4. The van der Waals surface area contributed by atoms with Gasteiger partial charge < -0.3 is 80.0 Å². The van der Waals surface area contributed by atoms with Gasteiger partial charge in [0.15, 0.2) is 18.4 Å². The SMILES string of the molecule is CCN(CC)CCC(=O)[C@H](O)[C@@H](O)[C@H](O)[C@H](O)CO[C@H]1O[C@H](CO[C@H]2O[C@H](CO)[C@@H](O)[C@H](O)[C@H]2O)[C@@H](O)[C@H](O)[C@H]1O. The van der Waals surface area contributed by atoms with E-state index in [2.05, 4.69) is 0 Å². The maximum absolute atomic E-state index is 12.2. The van der Waals surface area contributed by atoms with Gasteiger partial charge in [0.2, 0.25) is 0 Å². The van der Waals surface area contributed by atoms with Gasteiger partial charge in [0.25, 0.3) is 0 Å². The van der Waals surface area contributed by atoms with Crippen molar-refractivity contribution in [1.82, 2.24) is 4.90 Å². The average molecular weight is 604 g/mol. The molecule has 2 saturated heterocycles. The minimum atomic E-state index is -2.07. The van der Waals surface area contributed by atoms with E-state index in [0.29, 0.717) is 19.6 Å². The molecule has 14 atom stereocenters. The van der Waals surface area contributed by atoms with E-state index in [0.717, 1.165) is 0 Å². The Hall–Kier alpha value is -0.970. The average Bonchev–Trinajstić information content (AvgIpc) is 2.97. The Morgan fingerprint density at radius 3 is 1.80 bits per heavy atom. The smallest absolute Gasteiger partial charge is 0.186 e. The van der Waals surface area contributed by atoms with Gasteiger partial charge in [-0.15, -0.1) is 0 Å². The van der Waals surface area contributed by atoms with Crippen molar-refractivity contribution in [2.45, 2.75) is 106 Å². The molecule has 2 aliphatic rings. The summed E-state index contributed by atoms with van der Waals surface area (Å²) < 4.78 is 21.1. The maximum Gasteiger partial charge on any atom is 0.186 e. The van der Waals surface area contributed by atoms with Crippen LogP contribution in [0, 0.1) is 0 Å². The van der Waals surface area contributed by atoms with Gasteiger partial charge in [-0.2, -0.15) is 0 Å². The highest BCUT2D eigenvalue weighted by Gasteiger charge is 2.48. The first-order valence-electron chi connectivity index (χ1n) is 13.5. The van der Waals surface area contributed by atoms with Crippen LogP contribution in [0.5, 0.6) is 0 Å². The summed E-state index contributed by atoms with van der Waals surface area (Å²) in [5.74, 6) is -0.748. The number of rotatable bonds is 16. The van der Waals surface area contributed by atoms with Gasteiger partial charge in [0, 0.05) is 13.0 Å². The third kappa shape index (κ3) is 9.26. The second-order valence-corrected chi connectivity index (χ2v) is 10.1. The number of hydrogen-bond acceptors (Lipinski definition) is 17. The molecule has 0 radical (unpaired) electrons. The summed E-state index contributed by atoms with van der Waals surface area (Å²) in [7, 11) is 0. The summed E-state index contributed by atoms with van der Waals surface area (Å²) in [4.78, 5) is 14.1. The Morgan fingerprint density at radius 2 is 1.27 bits per heavy atom. The molecule has 0 spiro atoms. The molecule has 2 heterocycles. The summed E-state index contributed by atoms with van der Waals surface area (Å²) in [6, 6.07) is 0. The lowest BCUT2D eigenvalue weighted by molar-refractivity contribution is -0.333. The second-order valence-electron chi connectivity index (χ2n) is 10.1. The number of ketones is 1. The highest BCUT2D eigenvalue weighted by atomic mass is 16.7. The van der Waals surface area contributed by atoms with Crippen molar-refractivity contribution in [2.75, 3.05) is 39.5 Å². The summed E-state index contributed by atoms with van der Waals surface area (Å²) >= 11 is 0. The molecule has 0 aromatic rings. The Labute approximate surface area is 236 Å². The van der Waals surface area contributed by atoms with E-state index in [4.69, 9.17) is 18.9 Å². The molecule has 17 nitrogen and oxygen atoms in total. The van der Waals surface area contributed by atoms with E-state index in [1.165, 1.54) is 0 Å². The highest BCUT2D eigenvalue weighted by molar-refractivity contribution is 5.83. The number of carbonyl (C=O) groups excluding carboxylic acids is 1. The fraction of sp³-hybridized carbons (Fsp3) is 0.958. The van der Waals surface area contributed by atoms with Crippen molar-refractivity contribution in [1.29, 1.82) is 0 Å². The zero-order valence-electron chi connectivity index (χ0n) is 22.9. The van der Waals surface area contributed by atoms with Gasteiger partial charge in [-0.3, -0.25) is 4.79 Å². The molecular weight excluding hydrogens is 558 g/mol. The van der Waals surface area contributed by atoms with Crippen LogP contribution in [0.3, 0.4) is 0 Å². The fourth-order valence-corrected chi connectivity index (χ4v) is 4.44. The fourth-order valence-electron chi connectivity index (χ4n) is 4.44. The minimum Gasteiger partial charge on any atom is -0.394 e. The summed E-state index contributed by atoms with van der Waals surface area (Å²) in [6.45, 7) is 3.30. The van der Waals surface area contributed by atoms with Crippen LogP contribution in [0.2, 0.25) is 0 Å². The quantitative estimate of drug-likeness (QED) is 0.0782. The Balaban J connectivity index is 1.92. The van der Waals surface area contributed by atoms with Crippen molar-refractivity contribution in [3.8, 4) is 0 Å². The zero-order chi connectivity index (χ0) is 31.0. The van der Waals surface area contributed by atoms with E-state index in [-0.39, 0.29) is 6.42 Å². The van der Waals surface area contributed by atoms with Crippen LogP contribution in [-0.2, 0) is 23.7 Å². The molecule has 2 rings (SSSR count). The van der Waals surface area contributed by atoms with Crippen LogP contribution in [0.4, 0.5) is 0 Å². The number of nitrogens with zero attached hydrogens (tertiary/aromatic N) is 1. The molecule has 0 saturated carbocycles. The number of aliphatic hydroxyl groups excluding tert-OH is 11. The molecule has 0 bridgehead atoms. The molecule has 2 aliphatic heterocycles. The van der Waals surface area contributed by atoms with E-state index in [9.17, 15) is 61.0 Å². The Morgan fingerprint density at radius 1 is 0.756 bits per heavy atom. The molecule has 0 aromatic carbocycles. The van der Waals surface area contributed by atoms with E-state index in [1.54, 1.807) is 0 Å². The molecule has 41 heavy (non-hydrogen) atoms. The number of hydrogen-bond donors (Lipinski definition) is 11. The molecule has 0 amide bonds. The minimum absolute atomic E-state index is 0.103. The third-order valence-electron chi connectivity index (χ3n) is 7.34. The first-order valence-corrected chi connectivity index (χ1v) is 13.5. The number of Topliss-reactive ketones (excluding diaryl/α,β-unsaturated/α-hetero) is 1. The first kappa shape index (κ1) is 36.2. The van der Waals surface area contributed by atoms with Gasteiger partial charge >= 0.3 is 0 Å². The van der Waals surface area contributed by atoms with Gasteiger partial charge in [-0.25, -0.2) is 0 Å². The molecule has 0 unspecified atom stereocenters. The normalized spacial score (nSPS) is 37.5. The third-order valence-corrected chi connectivity index (χ3v) is 7.34. The van der Waals surface area contributed by atoms with Crippen molar-refractivity contribution in [3.05, 3.63) is 0 Å². The van der Waals surface area contributed by atoms with Crippen LogP contribution in [0.25, 0.3) is 0 Å². The van der Waals surface area contributed by atoms with Crippen molar-refractivity contribution < 1.29 is 79.9 Å². The van der Waals surface area contributed by atoms with Crippen LogP contribution < -0.4 is 0 Å². The predicted octanol–water partition coefficient (Wildman–Crippen LogP) is -6.63. The molecule has 0 aliphatic carbocycles. The van der Waals surface area contributed by atoms with Crippen molar-refractivity contribution in [3.63, 3.8) is 0 Å². The summed E-state index contributed by atoms with van der Waals surface area (Å²) in [5, 5.41) is 111. The molecular formula is C24H45NO16. The Kier molecular flexibility index (Phi) is 14.8. The lowest BCUT2D eigenvalue weighted by Gasteiger charge is -2.42. The second kappa shape index (κ2) is 16.8. The van der Waals surface area contributed by atoms with Gasteiger partial charge in [0.05, 0.1) is 19.8 Å². The molecule has 0 aromatic heterocycles. The summed E-state index contributed by atoms with van der Waals surface area (Å²) in [5.41, 5.74) is 0. The largest absolute Gasteiger partial charge is 0.394 e. The van der Waals surface area contributed by atoms with E-state index < -0.39 is 111 Å². The highest BCUT2D eigenvalue weighted by Crippen LogP contribution is 2.26. The van der Waals surface area contributed by atoms with Crippen molar-refractivity contribution >= 4 is 5.78 Å². The van der Waals surface area contributed by atoms with E-state index in [1.807, 2.05) is 18.7 Å². The van der Waals surface area contributed by atoms with Gasteiger partial charge in [-0.05, 0) is 13.1 Å². The van der Waals surface area contributed by atoms with Crippen LogP contribution in [0.1, 0.15) is 20.3 Å². The number of carbonyl (C=O) groups is 1. The maximum atomic E-state index is 12.2. The van der Waals surface area contributed by atoms with Crippen LogP contribution >= 0.6 is 0 Å². The summed E-state index contributed by atoms with van der Waals surface area (Å²) in [6.07, 6.45) is -24.7. The standard InChI is InChI=1S/C24H45NO16/c1-3-25(4-2)6-5-10(27)14(29)18(33)15(30)11(28)8-38-23-22(37)20(35)17(32)13(41-23)9-39-24-21(36)19(34)16(31)12(7-26)40-24/h11-24,26,28-37H,3-9H2,1-2H3/t11-,12-,13-,14+,15-,16-,17-,18-,19+,20+,21-,22-,23+,24+/m1/s1. The van der Waals surface area contributed by atoms with Crippen LogP contribution in [-0.4, -0.2) is 192 Å². The molecule has 11 N–H and O–H groups in total. The number of aliphatic hydroxyl groups is 11. The molecule has 17 heteroatoms. The monoisotopic (exact) mass is 603 g/mol. The molecule has 2 fully saturated rings.